The molecule has 5 heteroatoms. The highest BCUT2D eigenvalue weighted by molar-refractivity contribution is 7.26. The van der Waals surface area contributed by atoms with E-state index in [1.54, 1.807) is 0 Å². The molecule has 3 nitrogen and oxygen atoms in total. The Morgan fingerprint density at radius 1 is 0.346 bits per heavy atom. The Morgan fingerprint density at radius 3 is 1.42 bits per heavy atom. The van der Waals surface area contributed by atoms with Crippen LogP contribution in [0.25, 0.3) is 42.4 Å². The second-order valence-corrected chi connectivity index (χ2v) is 27.8. The van der Waals surface area contributed by atoms with Gasteiger partial charge in [0.15, 0.2) is 0 Å². The van der Waals surface area contributed by atoms with Gasteiger partial charge in [-0.2, -0.15) is 0 Å². The van der Waals surface area contributed by atoms with Crippen molar-refractivity contribution in [2.75, 3.05) is 14.7 Å². The number of anilines is 9. The molecule has 0 aliphatic carbocycles. The minimum atomic E-state index is -0.171. The molecule has 2 aliphatic heterocycles. The molecule has 0 spiro atoms. The molecule has 0 radical (unpaired) electrons. The summed E-state index contributed by atoms with van der Waals surface area (Å²) in [6.45, 7) is 27.7. The molecule has 400 valence electrons. The first-order chi connectivity index (χ1) is 38.7. The maximum absolute atomic E-state index is 2.60. The first-order valence-electron chi connectivity index (χ1n) is 28.9. The number of hydrogen-bond acceptors (Lipinski definition) is 4. The Bertz CT molecular complexity index is 4130. The van der Waals surface area contributed by atoms with Crippen molar-refractivity contribution >= 4 is 106 Å². The average molecular weight is 1070 g/mol. The van der Waals surface area contributed by atoms with Gasteiger partial charge in [0.2, 0.25) is 0 Å². The Kier molecular flexibility index (Phi) is 12.4. The van der Waals surface area contributed by atoms with E-state index in [0.717, 1.165) is 28.4 Å². The molecule has 11 aromatic rings. The smallest absolute Gasteiger partial charge is 0.252 e. The van der Waals surface area contributed by atoms with E-state index in [1.807, 2.05) is 11.3 Å². The van der Waals surface area contributed by atoms with E-state index >= 15 is 0 Å². The highest BCUT2D eigenvalue weighted by Gasteiger charge is 2.45. The molecule has 0 atom stereocenters. The van der Waals surface area contributed by atoms with Crippen molar-refractivity contribution in [1.82, 2.24) is 0 Å². The molecule has 3 heterocycles. The van der Waals surface area contributed by atoms with Gasteiger partial charge < -0.3 is 14.7 Å². The molecule has 2 aliphatic rings. The lowest BCUT2D eigenvalue weighted by Gasteiger charge is -2.45. The lowest BCUT2D eigenvalue weighted by Crippen LogP contribution is -2.61. The fourth-order valence-corrected chi connectivity index (χ4v) is 13.7. The fraction of sp³-hybridized carbons (Fsp3) is 0.211. The highest BCUT2D eigenvalue weighted by atomic mass is 32.1. The molecule has 1 aromatic heterocycles. The standard InChI is InChI=1S/C76H72BN3S/c1-73(2,3)52-28-36-56(37-29-52)78(57-38-30-53(31-39-57)74(4,5)6)60-42-43-64-67(48-60)80(59-40-32-54(33-41-59)75(7,8)9)69-47-55(76(10,11)12)46-68-71(69)77(64)65-45-51(49-19-14-13-15-20-49)27-44-66(65)79(68)58-34-25-50(26-35-58)61-22-18-23-63-62-21-16-17-24-70(62)81-72(61)63/h13-48H,1-12H3. The summed E-state index contributed by atoms with van der Waals surface area (Å²) in [7, 11) is 0. The van der Waals surface area contributed by atoms with Crippen molar-refractivity contribution in [2.45, 2.75) is 105 Å². The Balaban J connectivity index is 1.06. The highest BCUT2D eigenvalue weighted by Crippen LogP contribution is 2.49. The SMILES string of the molecule is CC(C)(C)c1ccc(N(c2ccc(C(C)(C)C)cc2)c2ccc3c(c2)N(c2ccc(C(C)(C)C)cc2)c2cc(C(C)(C)C)cc4c2B3c2cc(-c3ccccc3)ccc2N4c2ccc(-c3cccc4c3sc3ccccc34)cc2)cc1. The largest absolute Gasteiger partial charge is 0.311 e. The zero-order valence-electron chi connectivity index (χ0n) is 49.1. The molecule has 0 saturated heterocycles. The van der Waals surface area contributed by atoms with E-state index in [2.05, 4.69) is 316 Å². The van der Waals surface area contributed by atoms with Crippen LogP contribution in [-0.2, 0) is 21.7 Å². The van der Waals surface area contributed by atoms with E-state index in [4.69, 9.17) is 0 Å². The minimum Gasteiger partial charge on any atom is -0.311 e. The van der Waals surface area contributed by atoms with Crippen molar-refractivity contribution in [1.29, 1.82) is 0 Å². The van der Waals surface area contributed by atoms with Gasteiger partial charge in [-0.15, -0.1) is 11.3 Å². The molecule has 0 fully saturated rings. The summed E-state index contributed by atoms with van der Waals surface area (Å²) in [5.74, 6) is 0. The predicted molar refractivity (Wildman–Crippen MR) is 354 cm³/mol. The van der Waals surface area contributed by atoms with Crippen LogP contribution in [0, 0.1) is 0 Å². The first kappa shape index (κ1) is 52.3. The number of rotatable bonds is 7. The van der Waals surface area contributed by atoms with Gasteiger partial charge in [0.1, 0.15) is 0 Å². The normalized spacial score (nSPS) is 13.4. The second kappa shape index (κ2) is 19.3. The fourth-order valence-electron chi connectivity index (χ4n) is 12.5. The van der Waals surface area contributed by atoms with Crippen LogP contribution in [0.3, 0.4) is 0 Å². The Labute approximate surface area is 485 Å². The van der Waals surface area contributed by atoms with Crippen molar-refractivity contribution in [3.05, 3.63) is 241 Å². The Hall–Kier alpha value is -8.12. The summed E-state index contributed by atoms with van der Waals surface area (Å²) in [6, 6.07) is 83.4. The van der Waals surface area contributed by atoms with Crippen LogP contribution in [0.15, 0.2) is 218 Å². The van der Waals surface area contributed by atoms with Crippen molar-refractivity contribution in [3.63, 3.8) is 0 Å². The third kappa shape index (κ3) is 9.24. The van der Waals surface area contributed by atoms with Crippen LogP contribution < -0.4 is 31.1 Å². The monoisotopic (exact) mass is 1070 g/mol. The van der Waals surface area contributed by atoms with Crippen LogP contribution in [0.4, 0.5) is 51.2 Å². The minimum absolute atomic E-state index is 0.00585. The molecule has 10 aromatic carbocycles. The zero-order chi connectivity index (χ0) is 56.3. The van der Waals surface area contributed by atoms with Crippen molar-refractivity contribution in [3.8, 4) is 22.3 Å². The van der Waals surface area contributed by atoms with Crippen molar-refractivity contribution < 1.29 is 0 Å². The molecule has 0 unspecified atom stereocenters. The summed E-state index contributed by atoms with van der Waals surface area (Å²) in [6.07, 6.45) is 0. The molecule has 0 saturated carbocycles. The third-order valence-corrected chi connectivity index (χ3v) is 18.3. The molecule has 0 N–H and O–H groups in total. The zero-order valence-corrected chi connectivity index (χ0v) is 49.9. The van der Waals surface area contributed by atoms with E-state index in [-0.39, 0.29) is 28.4 Å². The summed E-state index contributed by atoms with van der Waals surface area (Å²) in [4.78, 5) is 7.63. The lowest BCUT2D eigenvalue weighted by atomic mass is 9.33. The number of nitrogens with zero attached hydrogens (tertiary/aromatic N) is 3. The quantitative estimate of drug-likeness (QED) is 0.147. The van der Waals surface area contributed by atoms with Gasteiger partial charge in [-0.1, -0.05) is 217 Å². The van der Waals surface area contributed by atoms with Crippen LogP contribution >= 0.6 is 11.3 Å². The Morgan fingerprint density at radius 2 is 0.840 bits per heavy atom. The van der Waals surface area contributed by atoms with E-state index in [0.29, 0.717) is 0 Å². The lowest BCUT2D eigenvalue weighted by molar-refractivity contribution is 0.590. The summed E-state index contributed by atoms with van der Waals surface area (Å²) in [5.41, 5.74) is 24.3. The predicted octanol–water partition coefficient (Wildman–Crippen LogP) is 20.1. The van der Waals surface area contributed by atoms with Crippen LogP contribution in [-0.4, -0.2) is 6.71 Å². The average Bonchev–Trinajstić information content (AvgIpc) is 3.98. The molecular formula is C76H72BN3S. The van der Waals surface area contributed by atoms with Crippen LogP contribution in [0.5, 0.6) is 0 Å². The number of fused-ring (bicyclic) bond motifs is 7. The van der Waals surface area contributed by atoms with Gasteiger partial charge in [0.05, 0.1) is 0 Å². The summed E-state index contributed by atoms with van der Waals surface area (Å²) >= 11 is 1.89. The first-order valence-corrected chi connectivity index (χ1v) is 29.8. The number of hydrogen-bond donors (Lipinski definition) is 0. The molecule has 13 rings (SSSR count). The van der Waals surface area contributed by atoms with Gasteiger partial charge >= 0.3 is 0 Å². The molecular weight excluding hydrogens is 998 g/mol. The van der Waals surface area contributed by atoms with Gasteiger partial charge in [0.25, 0.3) is 6.71 Å². The maximum Gasteiger partial charge on any atom is 0.252 e. The maximum atomic E-state index is 2.60. The van der Waals surface area contributed by atoms with Gasteiger partial charge in [-0.25, -0.2) is 0 Å². The van der Waals surface area contributed by atoms with Gasteiger partial charge in [-0.05, 0) is 167 Å². The van der Waals surface area contributed by atoms with E-state index in [1.165, 1.54) is 104 Å². The molecule has 81 heavy (non-hydrogen) atoms. The van der Waals surface area contributed by atoms with Crippen LogP contribution in [0.2, 0.25) is 0 Å². The number of thiophene rings is 1. The molecule has 0 amide bonds. The topological polar surface area (TPSA) is 9.72 Å². The summed E-state index contributed by atoms with van der Waals surface area (Å²) in [5, 5.41) is 2.63. The second-order valence-electron chi connectivity index (χ2n) is 26.7. The van der Waals surface area contributed by atoms with Crippen molar-refractivity contribution in [2.24, 2.45) is 0 Å². The van der Waals surface area contributed by atoms with Gasteiger partial charge in [0, 0.05) is 71.4 Å². The van der Waals surface area contributed by atoms with Crippen LogP contribution in [0.1, 0.15) is 105 Å². The summed E-state index contributed by atoms with van der Waals surface area (Å²) < 4.78 is 2.65. The van der Waals surface area contributed by atoms with E-state index < -0.39 is 0 Å². The van der Waals surface area contributed by atoms with E-state index in [9.17, 15) is 0 Å². The third-order valence-electron chi connectivity index (χ3n) is 17.1. The van der Waals surface area contributed by atoms with Gasteiger partial charge in [-0.3, -0.25) is 0 Å². The number of benzene rings is 10. The molecule has 0 bridgehead atoms.